The molecule has 1 amide bonds. The molecule has 2 N–H and O–H groups in total. The van der Waals surface area contributed by atoms with Gasteiger partial charge in [-0.3, -0.25) is 9.59 Å². The molecule has 15 heavy (non-hydrogen) atoms. The molecule has 1 aromatic rings. The van der Waals surface area contributed by atoms with Gasteiger partial charge in [-0.1, -0.05) is 0 Å². The number of rotatable bonds is 4. The van der Waals surface area contributed by atoms with Crippen LogP contribution in [0.15, 0.2) is 6.20 Å². The summed E-state index contributed by atoms with van der Waals surface area (Å²) in [5.41, 5.74) is 0. The lowest BCUT2D eigenvalue weighted by atomic mass is 10.2. The van der Waals surface area contributed by atoms with E-state index in [1.165, 1.54) is 17.5 Å². The molecule has 0 aromatic carbocycles. The molecule has 0 spiro atoms. The van der Waals surface area contributed by atoms with Gasteiger partial charge in [0, 0.05) is 6.04 Å². The molecule has 1 aromatic heterocycles. The van der Waals surface area contributed by atoms with E-state index in [9.17, 15) is 9.59 Å². The van der Waals surface area contributed by atoms with Gasteiger partial charge in [0.2, 0.25) is 0 Å². The molecule has 0 aliphatic heterocycles. The van der Waals surface area contributed by atoms with Crippen LogP contribution in [0.5, 0.6) is 0 Å². The van der Waals surface area contributed by atoms with Crippen molar-refractivity contribution in [1.29, 1.82) is 0 Å². The average molecular weight is 228 g/mol. The fourth-order valence-electron chi connectivity index (χ4n) is 1.07. The highest BCUT2D eigenvalue weighted by Crippen LogP contribution is 2.11. The quantitative estimate of drug-likeness (QED) is 0.807. The number of aromatic nitrogens is 1. The van der Waals surface area contributed by atoms with Crippen LogP contribution in [-0.4, -0.2) is 28.0 Å². The molecule has 0 saturated heterocycles. The van der Waals surface area contributed by atoms with Crippen LogP contribution in [0, 0.1) is 6.92 Å². The highest BCUT2D eigenvalue weighted by atomic mass is 32.1. The number of hydrogen-bond acceptors (Lipinski definition) is 4. The van der Waals surface area contributed by atoms with Crippen LogP contribution in [0.1, 0.15) is 28.0 Å². The zero-order chi connectivity index (χ0) is 11.4. The molecule has 0 radical (unpaired) electrons. The standard InChI is InChI=1S/C9H12N2O3S/c1-5(3-8(12)13)11-9(14)7-4-10-6(2)15-7/h4-5H,3H2,1-2H3,(H,11,14)(H,12,13). The minimum atomic E-state index is -0.928. The molecule has 5 nitrogen and oxygen atoms in total. The van der Waals surface area contributed by atoms with Gasteiger partial charge in [0.1, 0.15) is 4.88 Å². The Morgan fingerprint density at radius 3 is 2.80 bits per heavy atom. The van der Waals surface area contributed by atoms with Crippen LogP contribution in [0.25, 0.3) is 0 Å². The predicted molar refractivity (Wildman–Crippen MR) is 56.0 cm³/mol. The maximum absolute atomic E-state index is 11.5. The molecular weight excluding hydrogens is 216 g/mol. The molecule has 1 rings (SSSR count). The zero-order valence-corrected chi connectivity index (χ0v) is 9.30. The fraction of sp³-hybridized carbons (Fsp3) is 0.444. The van der Waals surface area contributed by atoms with Gasteiger partial charge in [-0.05, 0) is 13.8 Å². The third kappa shape index (κ3) is 3.67. The van der Waals surface area contributed by atoms with Crippen molar-refractivity contribution in [2.45, 2.75) is 26.3 Å². The Morgan fingerprint density at radius 2 is 2.33 bits per heavy atom. The first-order valence-corrected chi connectivity index (χ1v) is 5.25. The SMILES string of the molecule is Cc1ncc(C(=O)NC(C)CC(=O)O)s1. The smallest absolute Gasteiger partial charge is 0.305 e. The Bertz CT molecular complexity index is 375. The molecule has 1 atom stereocenters. The number of aliphatic carboxylic acids is 1. The first-order chi connectivity index (χ1) is 6.99. The van der Waals surface area contributed by atoms with Gasteiger partial charge in [0.25, 0.3) is 5.91 Å². The number of carboxylic acids is 1. The van der Waals surface area contributed by atoms with Crippen molar-refractivity contribution in [2.75, 3.05) is 0 Å². The topological polar surface area (TPSA) is 79.3 Å². The average Bonchev–Trinajstić information content (AvgIpc) is 2.49. The largest absolute Gasteiger partial charge is 0.481 e. The lowest BCUT2D eigenvalue weighted by Gasteiger charge is -2.09. The summed E-state index contributed by atoms with van der Waals surface area (Å²) >= 11 is 1.29. The van der Waals surface area contributed by atoms with Crippen molar-refractivity contribution in [3.63, 3.8) is 0 Å². The summed E-state index contributed by atoms with van der Waals surface area (Å²) in [6.45, 7) is 3.46. The summed E-state index contributed by atoms with van der Waals surface area (Å²) in [4.78, 5) is 26.3. The molecule has 0 aliphatic rings. The predicted octanol–water partition coefficient (Wildman–Crippen LogP) is 1.04. The monoisotopic (exact) mass is 228 g/mol. The van der Waals surface area contributed by atoms with E-state index >= 15 is 0 Å². The fourth-order valence-corrected chi connectivity index (χ4v) is 1.75. The summed E-state index contributed by atoms with van der Waals surface area (Å²) in [5.74, 6) is -1.20. The second-order valence-electron chi connectivity index (χ2n) is 3.22. The maximum atomic E-state index is 11.5. The number of nitrogens with zero attached hydrogens (tertiary/aromatic N) is 1. The van der Waals surface area contributed by atoms with Gasteiger partial charge in [-0.25, -0.2) is 4.98 Å². The number of aryl methyl sites for hydroxylation is 1. The molecule has 0 aliphatic carbocycles. The van der Waals surface area contributed by atoms with Crippen molar-refractivity contribution in [2.24, 2.45) is 0 Å². The van der Waals surface area contributed by atoms with E-state index in [0.29, 0.717) is 4.88 Å². The Kier molecular flexibility index (Phi) is 3.79. The van der Waals surface area contributed by atoms with E-state index in [1.54, 1.807) is 6.92 Å². The number of hydrogen-bond donors (Lipinski definition) is 2. The molecule has 0 fully saturated rings. The van der Waals surface area contributed by atoms with E-state index < -0.39 is 5.97 Å². The second-order valence-corrected chi connectivity index (χ2v) is 4.45. The van der Waals surface area contributed by atoms with Gasteiger partial charge >= 0.3 is 5.97 Å². The lowest BCUT2D eigenvalue weighted by molar-refractivity contribution is -0.137. The van der Waals surface area contributed by atoms with Crippen molar-refractivity contribution in [3.8, 4) is 0 Å². The number of thiazole rings is 1. The molecule has 0 saturated carbocycles. The van der Waals surface area contributed by atoms with Crippen molar-refractivity contribution >= 4 is 23.2 Å². The number of amides is 1. The number of carbonyl (C=O) groups excluding carboxylic acids is 1. The van der Waals surface area contributed by atoms with Gasteiger partial charge in [0.15, 0.2) is 0 Å². The van der Waals surface area contributed by atoms with Crippen LogP contribution in [0.4, 0.5) is 0 Å². The van der Waals surface area contributed by atoms with E-state index in [1.807, 2.05) is 6.92 Å². The zero-order valence-electron chi connectivity index (χ0n) is 8.48. The molecular formula is C9H12N2O3S. The highest BCUT2D eigenvalue weighted by molar-refractivity contribution is 7.13. The Labute approximate surface area is 91.1 Å². The lowest BCUT2D eigenvalue weighted by Crippen LogP contribution is -2.33. The summed E-state index contributed by atoms with van der Waals surface area (Å²) in [6.07, 6.45) is 1.41. The van der Waals surface area contributed by atoms with Gasteiger partial charge in [0.05, 0.1) is 17.6 Å². The van der Waals surface area contributed by atoms with E-state index in [-0.39, 0.29) is 18.4 Å². The minimum Gasteiger partial charge on any atom is -0.481 e. The van der Waals surface area contributed by atoms with Crippen LogP contribution >= 0.6 is 11.3 Å². The van der Waals surface area contributed by atoms with Crippen molar-refractivity contribution in [3.05, 3.63) is 16.1 Å². The maximum Gasteiger partial charge on any atom is 0.305 e. The van der Waals surface area contributed by atoms with E-state index in [4.69, 9.17) is 5.11 Å². The van der Waals surface area contributed by atoms with E-state index in [0.717, 1.165) is 5.01 Å². The number of nitrogens with one attached hydrogen (secondary N) is 1. The first kappa shape index (κ1) is 11.6. The van der Waals surface area contributed by atoms with Gasteiger partial charge in [-0.15, -0.1) is 11.3 Å². The third-order valence-electron chi connectivity index (χ3n) is 1.70. The number of carboxylic acid groups (broad SMARTS) is 1. The first-order valence-electron chi connectivity index (χ1n) is 4.44. The Hall–Kier alpha value is -1.43. The summed E-state index contributed by atoms with van der Waals surface area (Å²) in [7, 11) is 0. The Morgan fingerprint density at radius 1 is 1.67 bits per heavy atom. The van der Waals surface area contributed by atoms with Crippen LogP contribution < -0.4 is 5.32 Å². The van der Waals surface area contributed by atoms with Crippen molar-refractivity contribution in [1.82, 2.24) is 10.3 Å². The molecule has 1 unspecified atom stereocenters. The Balaban J connectivity index is 2.52. The molecule has 0 bridgehead atoms. The molecule has 82 valence electrons. The van der Waals surface area contributed by atoms with Crippen LogP contribution in [0.3, 0.4) is 0 Å². The summed E-state index contributed by atoms with van der Waals surface area (Å²) in [5, 5.41) is 11.9. The summed E-state index contributed by atoms with van der Waals surface area (Å²) in [6, 6.07) is -0.377. The third-order valence-corrected chi connectivity index (χ3v) is 2.61. The summed E-state index contributed by atoms with van der Waals surface area (Å²) < 4.78 is 0. The van der Waals surface area contributed by atoms with Crippen LogP contribution in [-0.2, 0) is 4.79 Å². The van der Waals surface area contributed by atoms with Gasteiger partial charge < -0.3 is 10.4 Å². The van der Waals surface area contributed by atoms with Gasteiger partial charge in [-0.2, -0.15) is 0 Å². The van der Waals surface area contributed by atoms with Crippen molar-refractivity contribution < 1.29 is 14.7 Å². The molecule has 6 heteroatoms. The molecule has 1 heterocycles. The van der Waals surface area contributed by atoms with Crippen LogP contribution in [0.2, 0.25) is 0 Å². The minimum absolute atomic E-state index is 0.0798. The normalized spacial score (nSPS) is 12.1. The number of carbonyl (C=O) groups is 2. The van der Waals surface area contributed by atoms with E-state index in [2.05, 4.69) is 10.3 Å². The highest BCUT2D eigenvalue weighted by Gasteiger charge is 2.14. The second kappa shape index (κ2) is 4.88.